The lowest BCUT2D eigenvalue weighted by atomic mass is 9.44. The number of ether oxygens (including phenoxy) is 2. The summed E-state index contributed by atoms with van der Waals surface area (Å²) in [4.78, 5) is 0. The Kier molecular flexibility index (Phi) is 6.08. The molecule has 4 saturated carbocycles. The SMILES string of the molecule is CC(C)CCC[C@@H](C)[C@H]1CCC2C3CC[C@@H]4CC5(CC[C@]4(C)C3CC[C@@]21C)OCCO5. The van der Waals surface area contributed by atoms with E-state index in [1.807, 2.05) is 0 Å². The fourth-order valence-electron chi connectivity index (χ4n) is 9.98. The van der Waals surface area contributed by atoms with Gasteiger partial charge in [0.25, 0.3) is 0 Å². The third kappa shape index (κ3) is 3.74. The zero-order chi connectivity index (χ0) is 21.9. The first-order valence-electron chi connectivity index (χ1n) is 14.1. The molecule has 1 aliphatic heterocycles. The third-order valence-electron chi connectivity index (χ3n) is 11.7. The van der Waals surface area contributed by atoms with E-state index in [1.54, 1.807) is 0 Å². The zero-order valence-corrected chi connectivity index (χ0v) is 21.3. The lowest BCUT2D eigenvalue weighted by molar-refractivity contribution is -0.229. The second kappa shape index (κ2) is 8.30. The van der Waals surface area contributed by atoms with Crippen molar-refractivity contribution in [1.82, 2.24) is 0 Å². The van der Waals surface area contributed by atoms with Crippen LogP contribution in [0.15, 0.2) is 0 Å². The summed E-state index contributed by atoms with van der Waals surface area (Å²) >= 11 is 0. The summed E-state index contributed by atoms with van der Waals surface area (Å²) in [5, 5.41) is 0. The van der Waals surface area contributed by atoms with Gasteiger partial charge in [0.15, 0.2) is 5.79 Å². The molecule has 0 aromatic rings. The van der Waals surface area contributed by atoms with Crippen LogP contribution in [0, 0.1) is 52.3 Å². The van der Waals surface area contributed by atoms with Crippen molar-refractivity contribution in [3.05, 3.63) is 0 Å². The Morgan fingerprint density at radius 1 is 0.774 bits per heavy atom. The highest BCUT2D eigenvalue weighted by molar-refractivity contribution is 5.10. The lowest BCUT2D eigenvalue weighted by Gasteiger charge is -2.62. The van der Waals surface area contributed by atoms with Crippen LogP contribution in [0.25, 0.3) is 0 Å². The Labute approximate surface area is 192 Å². The molecule has 1 saturated heterocycles. The molecule has 5 fully saturated rings. The third-order valence-corrected chi connectivity index (χ3v) is 11.7. The number of hydrogen-bond donors (Lipinski definition) is 0. The Bertz CT molecular complexity index is 637. The number of fused-ring (bicyclic) bond motifs is 5. The molecule has 1 spiro atoms. The highest BCUT2D eigenvalue weighted by Gasteiger charge is 2.62. The summed E-state index contributed by atoms with van der Waals surface area (Å²) in [5.41, 5.74) is 1.15. The van der Waals surface area contributed by atoms with Crippen LogP contribution in [-0.4, -0.2) is 19.0 Å². The predicted octanol–water partition coefficient (Wildman–Crippen LogP) is 7.85. The molecule has 0 amide bonds. The normalized spacial score (nSPS) is 47.2. The van der Waals surface area contributed by atoms with Gasteiger partial charge in [-0.1, -0.05) is 53.9 Å². The molecule has 0 aromatic carbocycles. The predicted molar refractivity (Wildman–Crippen MR) is 128 cm³/mol. The van der Waals surface area contributed by atoms with Gasteiger partial charge in [-0.05, 0) is 97.2 Å². The second-order valence-electron chi connectivity index (χ2n) is 13.5. The molecule has 5 aliphatic rings. The fourth-order valence-corrected chi connectivity index (χ4v) is 9.98. The van der Waals surface area contributed by atoms with Crippen LogP contribution in [0.2, 0.25) is 0 Å². The zero-order valence-electron chi connectivity index (χ0n) is 21.3. The summed E-state index contributed by atoms with van der Waals surface area (Å²) in [6.45, 7) is 14.4. The van der Waals surface area contributed by atoms with Crippen molar-refractivity contribution >= 4 is 0 Å². The molecule has 2 nitrogen and oxygen atoms in total. The highest BCUT2D eigenvalue weighted by Crippen LogP contribution is 2.69. The maximum Gasteiger partial charge on any atom is 0.168 e. The van der Waals surface area contributed by atoms with E-state index in [0.29, 0.717) is 10.8 Å². The van der Waals surface area contributed by atoms with Gasteiger partial charge < -0.3 is 9.47 Å². The van der Waals surface area contributed by atoms with Crippen molar-refractivity contribution in [2.75, 3.05) is 13.2 Å². The van der Waals surface area contributed by atoms with Gasteiger partial charge >= 0.3 is 0 Å². The van der Waals surface area contributed by atoms with Crippen molar-refractivity contribution in [2.45, 2.75) is 117 Å². The Balaban J connectivity index is 1.28. The van der Waals surface area contributed by atoms with E-state index < -0.39 is 0 Å². The maximum absolute atomic E-state index is 6.16. The van der Waals surface area contributed by atoms with E-state index in [2.05, 4.69) is 34.6 Å². The van der Waals surface area contributed by atoms with E-state index in [-0.39, 0.29) is 5.79 Å². The van der Waals surface area contributed by atoms with Crippen molar-refractivity contribution in [3.8, 4) is 0 Å². The molecule has 0 bridgehead atoms. The van der Waals surface area contributed by atoms with Crippen molar-refractivity contribution < 1.29 is 9.47 Å². The first kappa shape index (κ1) is 22.7. The maximum atomic E-state index is 6.16. The van der Waals surface area contributed by atoms with Crippen LogP contribution >= 0.6 is 0 Å². The molecule has 178 valence electrons. The Morgan fingerprint density at radius 2 is 1.52 bits per heavy atom. The van der Waals surface area contributed by atoms with Gasteiger partial charge in [0.1, 0.15) is 0 Å². The smallest absolute Gasteiger partial charge is 0.168 e. The van der Waals surface area contributed by atoms with Crippen LogP contribution in [0.5, 0.6) is 0 Å². The average molecular weight is 431 g/mol. The molecule has 31 heavy (non-hydrogen) atoms. The molecule has 0 aromatic heterocycles. The number of rotatable bonds is 5. The molecular weight excluding hydrogens is 380 g/mol. The van der Waals surface area contributed by atoms with E-state index in [1.165, 1.54) is 70.6 Å². The molecule has 2 heteroatoms. The summed E-state index contributed by atoms with van der Waals surface area (Å²) in [7, 11) is 0. The lowest BCUT2D eigenvalue weighted by Crippen LogP contribution is -2.56. The van der Waals surface area contributed by atoms with E-state index in [0.717, 1.165) is 61.1 Å². The minimum atomic E-state index is -0.204. The van der Waals surface area contributed by atoms with Gasteiger partial charge in [-0.2, -0.15) is 0 Å². The summed E-state index contributed by atoms with van der Waals surface area (Å²) in [5.74, 6) is 6.32. The van der Waals surface area contributed by atoms with Crippen molar-refractivity contribution in [2.24, 2.45) is 52.3 Å². The van der Waals surface area contributed by atoms with E-state index in [9.17, 15) is 0 Å². The quantitative estimate of drug-likeness (QED) is 0.442. The van der Waals surface area contributed by atoms with Gasteiger partial charge in [-0.15, -0.1) is 0 Å². The summed E-state index contributed by atoms with van der Waals surface area (Å²) < 4.78 is 12.3. The van der Waals surface area contributed by atoms with Crippen molar-refractivity contribution in [3.63, 3.8) is 0 Å². The van der Waals surface area contributed by atoms with E-state index in [4.69, 9.17) is 9.47 Å². The van der Waals surface area contributed by atoms with Gasteiger partial charge in [0, 0.05) is 12.8 Å². The first-order valence-corrected chi connectivity index (χ1v) is 14.1. The van der Waals surface area contributed by atoms with Gasteiger partial charge in [-0.3, -0.25) is 0 Å². The monoisotopic (exact) mass is 430 g/mol. The largest absolute Gasteiger partial charge is 0.348 e. The standard InChI is InChI=1S/C29H50O2/c1-20(2)7-6-8-21(3)24-11-12-25-23-10-9-22-19-29(30-17-18-31-29)16-15-27(22,4)26(23)13-14-28(24,25)5/h20-26H,6-19H2,1-5H3/t21-,22-,23?,24-,25?,26?,27+,28-/m1/s1. The average Bonchev–Trinajstić information content (AvgIpc) is 3.32. The second-order valence-corrected chi connectivity index (χ2v) is 13.5. The van der Waals surface area contributed by atoms with Crippen molar-refractivity contribution in [1.29, 1.82) is 0 Å². The molecular formula is C29H50O2. The molecule has 0 radical (unpaired) electrons. The van der Waals surface area contributed by atoms with Crippen LogP contribution < -0.4 is 0 Å². The van der Waals surface area contributed by atoms with Crippen LogP contribution in [0.3, 0.4) is 0 Å². The minimum absolute atomic E-state index is 0.204. The van der Waals surface area contributed by atoms with Gasteiger partial charge in [-0.25, -0.2) is 0 Å². The molecule has 4 aliphatic carbocycles. The summed E-state index contributed by atoms with van der Waals surface area (Å²) in [6.07, 6.45) is 16.9. The minimum Gasteiger partial charge on any atom is -0.348 e. The molecule has 1 heterocycles. The molecule has 5 rings (SSSR count). The van der Waals surface area contributed by atoms with Crippen LogP contribution in [0.4, 0.5) is 0 Å². The van der Waals surface area contributed by atoms with Gasteiger partial charge in [0.2, 0.25) is 0 Å². The van der Waals surface area contributed by atoms with Crippen LogP contribution in [-0.2, 0) is 9.47 Å². The first-order chi connectivity index (χ1) is 14.8. The molecule has 0 N–H and O–H groups in total. The molecule has 3 unspecified atom stereocenters. The highest BCUT2D eigenvalue weighted by atomic mass is 16.7. The van der Waals surface area contributed by atoms with Gasteiger partial charge in [0.05, 0.1) is 13.2 Å². The van der Waals surface area contributed by atoms with Crippen LogP contribution in [0.1, 0.15) is 112 Å². The topological polar surface area (TPSA) is 18.5 Å². The summed E-state index contributed by atoms with van der Waals surface area (Å²) in [6, 6.07) is 0. The molecule has 8 atom stereocenters. The fraction of sp³-hybridized carbons (Fsp3) is 1.00. The van der Waals surface area contributed by atoms with E-state index >= 15 is 0 Å². The Morgan fingerprint density at radius 3 is 2.26 bits per heavy atom. The Hall–Kier alpha value is -0.0800. The number of hydrogen-bond acceptors (Lipinski definition) is 2.